The lowest BCUT2D eigenvalue weighted by atomic mass is 9.97. The first-order valence-electron chi connectivity index (χ1n) is 8.80. The van der Waals surface area contributed by atoms with E-state index in [1.165, 1.54) is 5.56 Å². The average Bonchev–Trinajstić information content (AvgIpc) is 2.68. The Balaban J connectivity index is 2.44. The van der Waals surface area contributed by atoms with Gasteiger partial charge >= 0.3 is 5.97 Å². The number of ether oxygens (including phenoxy) is 1. The summed E-state index contributed by atoms with van der Waals surface area (Å²) in [4.78, 5) is 11.6. The number of hydrogen-bond acceptors (Lipinski definition) is 4. The van der Waals surface area contributed by atoms with E-state index >= 15 is 0 Å². The number of allylic oxidation sites excluding steroid dienone is 2. The van der Waals surface area contributed by atoms with Gasteiger partial charge in [0.2, 0.25) is 0 Å². The molecule has 4 heteroatoms. The third-order valence-corrected chi connectivity index (χ3v) is 3.99. The zero-order valence-electron chi connectivity index (χ0n) is 15.2. The van der Waals surface area contributed by atoms with Gasteiger partial charge in [-0.1, -0.05) is 73.7 Å². The molecular weight excluding hydrogens is 326 g/mol. The van der Waals surface area contributed by atoms with Gasteiger partial charge < -0.3 is 4.74 Å². The molecule has 0 heterocycles. The fraction of sp³-hybridized carbons (Fsp3) is 0.227. The van der Waals surface area contributed by atoms with E-state index in [1.807, 2.05) is 48.5 Å². The molecule has 0 saturated heterocycles. The Morgan fingerprint density at radius 1 is 1.04 bits per heavy atom. The van der Waals surface area contributed by atoms with Crippen molar-refractivity contribution in [3.05, 3.63) is 83.4 Å². The van der Waals surface area contributed by atoms with E-state index in [1.54, 1.807) is 13.0 Å². The molecule has 0 aromatic heterocycles. The van der Waals surface area contributed by atoms with Crippen molar-refractivity contribution in [2.45, 2.75) is 26.7 Å². The van der Waals surface area contributed by atoms with Crippen molar-refractivity contribution < 1.29 is 14.7 Å². The Hall–Kier alpha value is -2.85. The molecule has 2 aromatic rings. The lowest BCUT2D eigenvalue weighted by Crippen LogP contribution is -2.08. The van der Waals surface area contributed by atoms with Gasteiger partial charge in [0, 0.05) is 11.1 Å². The highest BCUT2D eigenvalue weighted by atomic mass is 16.5. The molecule has 0 bridgehead atoms. The van der Waals surface area contributed by atoms with E-state index in [-0.39, 0.29) is 12.4 Å². The predicted molar refractivity (Wildman–Crippen MR) is 104 cm³/mol. The highest BCUT2D eigenvalue weighted by Gasteiger charge is 2.09. The molecule has 2 rings (SSSR count). The minimum Gasteiger partial charge on any atom is -0.466 e. The molecule has 4 nitrogen and oxygen atoms in total. The minimum absolute atomic E-state index is 0.178. The van der Waals surface area contributed by atoms with E-state index in [9.17, 15) is 10.0 Å². The maximum absolute atomic E-state index is 11.6. The van der Waals surface area contributed by atoms with E-state index < -0.39 is 0 Å². The van der Waals surface area contributed by atoms with Crippen molar-refractivity contribution in [2.24, 2.45) is 0 Å². The van der Waals surface area contributed by atoms with Crippen LogP contribution < -0.4 is 5.48 Å². The molecule has 2 N–H and O–H groups in total. The van der Waals surface area contributed by atoms with Crippen LogP contribution in [0.5, 0.6) is 0 Å². The maximum atomic E-state index is 11.6. The minimum atomic E-state index is -0.275. The summed E-state index contributed by atoms with van der Waals surface area (Å²) in [5.74, 6) is -0.275. The zero-order chi connectivity index (χ0) is 18.8. The van der Waals surface area contributed by atoms with Gasteiger partial charge in [-0.15, -0.1) is 0 Å². The van der Waals surface area contributed by atoms with Crippen LogP contribution in [0.2, 0.25) is 0 Å². The number of benzene rings is 2. The summed E-state index contributed by atoms with van der Waals surface area (Å²) >= 11 is 0. The Morgan fingerprint density at radius 3 is 2.31 bits per heavy atom. The Bertz CT molecular complexity index is 762. The van der Waals surface area contributed by atoms with Crippen LogP contribution in [0.1, 0.15) is 37.0 Å². The summed E-state index contributed by atoms with van der Waals surface area (Å²) < 4.78 is 4.96. The summed E-state index contributed by atoms with van der Waals surface area (Å²) in [5.41, 5.74) is 6.73. The van der Waals surface area contributed by atoms with Crippen molar-refractivity contribution >= 4 is 17.2 Å². The Morgan fingerprint density at radius 2 is 1.73 bits per heavy atom. The second-order valence-electron chi connectivity index (χ2n) is 5.73. The molecule has 26 heavy (non-hydrogen) atoms. The van der Waals surface area contributed by atoms with Crippen molar-refractivity contribution in [3.8, 4) is 0 Å². The lowest BCUT2D eigenvalue weighted by Gasteiger charge is -2.13. The number of carbonyl (C=O) groups excluding carboxylic acids is 1. The Labute approximate surface area is 154 Å². The van der Waals surface area contributed by atoms with Crippen molar-refractivity contribution in [1.29, 1.82) is 0 Å². The van der Waals surface area contributed by atoms with Gasteiger partial charge in [0.05, 0.1) is 18.7 Å². The fourth-order valence-corrected chi connectivity index (χ4v) is 2.62. The van der Waals surface area contributed by atoms with Crippen LogP contribution in [0.3, 0.4) is 0 Å². The largest absolute Gasteiger partial charge is 0.466 e. The van der Waals surface area contributed by atoms with Crippen molar-refractivity contribution in [1.82, 2.24) is 5.48 Å². The number of rotatable bonds is 8. The van der Waals surface area contributed by atoms with Crippen LogP contribution >= 0.6 is 0 Å². The molecule has 0 fully saturated rings. The standard InChI is InChI=1S/C22H25NO3/c1-3-17-13-15-18(16-14-17)20(11-8-12-21(24)26-4-2)22(23-25)19-9-6-5-7-10-19/h5-11,13-16,23,25H,3-4,12H2,1-2H3/b11-8-,22-20+. The number of aryl methyl sites for hydroxylation is 1. The van der Waals surface area contributed by atoms with Gasteiger partial charge in [0.1, 0.15) is 0 Å². The van der Waals surface area contributed by atoms with Crippen LogP contribution in [-0.2, 0) is 16.0 Å². The van der Waals surface area contributed by atoms with Crippen molar-refractivity contribution in [3.63, 3.8) is 0 Å². The van der Waals surface area contributed by atoms with Crippen LogP contribution in [-0.4, -0.2) is 17.8 Å². The van der Waals surface area contributed by atoms with E-state index in [0.717, 1.165) is 23.1 Å². The average molecular weight is 351 g/mol. The lowest BCUT2D eigenvalue weighted by molar-refractivity contribution is -0.142. The molecule has 0 saturated carbocycles. The van der Waals surface area contributed by atoms with Gasteiger partial charge in [0.25, 0.3) is 0 Å². The SMILES string of the molecule is CCOC(=O)C/C=C\C(=C(/NO)c1ccccc1)c1ccc(CC)cc1. The molecule has 0 aliphatic rings. The van der Waals surface area contributed by atoms with Crippen LogP contribution in [0.15, 0.2) is 66.7 Å². The summed E-state index contributed by atoms with van der Waals surface area (Å²) in [6.07, 6.45) is 4.73. The van der Waals surface area contributed by atoms with Gasteiger partial charge in [-0.25, -0.2) is 0 Å². The van der Waals surface area contributed by atoms with Gasteiger partial charge in [-0.05, 0) is 24.5 Å². The second-order valence-corrected chi connectivity index (χ2v) is 5.73. The molecule has 0 unspecified atom stereocenters. The third-order valence-electron chi connectivity index (χ3n) is 3.99. The molecule has 0 amide bonds. The molecular formula is C22H25NO3. The monoisotopic (exact) mass is 351 g/mol. The third kappa shape index (κ3) is 5.33. The summed E-state index contributed by atoms with van der Waals surface area (Å²) in [6.45, 7) is 4.25. The molecule has 0 aliphatic carbocycles. The summed E-state index contributed by atoms with van der Waals surface area (Å²) in [6, 6.07) is 17.7. The van der Waals surface area contributed by atoms with E-state index in [0.29, 0.717) is 12.3 Å². The highest BCUT2D eigenvalue weighted by Crippen LogP contribution is 2.26. The smallest absolute Gasteiger partial charge is 0.309 e. The molecule has 0 spiro atoms. The summed E-state index contributed by atoms with van der Waals surface area (Å²) in [5, 5.41) is 9.77. The number of hydroxylamine groups is 1. The second kappa shape index (κ2) is 10.2. The molecule has 0 atom stereocenters. The van der Waals surface area contributed by atoms with Crippen LogP contribution in [0.25, 0.3) is 11.3 Å². The molecule has 0 radical (unpaired) electrons. The first-order valence-corrected chi connectivity index (χ1v) is 8.80. The topological polar surface area (TPSA) is 58.6 Å². The van der Waals surface area contributed by atoms with Crippen molar-refractivity contribution in [2.75, 3.05) is 6.61 Å². The normalized spacial score (nSPS) is 12.0. The Kier molecular flexibility index (Phi) is 7.65. The molecule has 2 aromatic carbocycles. The van der Waals surface area contributed by atoms with Gasteiger partial charge in [-0.3, -0.25) is 15.5 Å². The number of esters is 1. The van der Waals surface area contributed by atoms with Gasteiger partial charge in [-0.2, -0.15) is 0 Å². The van der Waals surface area contributed by atoms with Crippen LogP contribution in [0.4, 0.5) is 0 Å². The first-order chi connectivity index (χ1) is 12.7. The highest BCUT2D eigenvalue weighted by molar-refractivity contribution is 5.94. The van der Waals surface area contributed by atoms with E-state index in [4.69, 9.17) is 4.74 Å². The predicted octanol–water partition coefficient (Wildman–Crippen LogP) is 4.61. The first kappa shape index (κ1) is 19.5. The van der Waals surface area contributed by atoms with Crippen LogP contribution in [0, 0.1) is 0 Å². The number of carbonyl (C=O) groups is 1. The number of nitrogens with one attached hydrogen (secondary N) is 1. The fourth-order valence-electron chi connectivity index (χ4n) is 2.62. The quantitative estimate of drug-likeness (QED) is 0.316. The number of hydrogen-bond donors (Lipinski definition) is 2. The zero-order valence-corrected chi connectivity index (χ0v) is 15.2. The maximum Gasteiger partial charge on any atom is 0.309 e. The molecule has 136 valence electrons. The molecule has 0 aliphatic heterocycles. The van der Waals surface area contributed by atoms with E-state index in [2.05, 4.69) is 24.5 Å². The van der Waals surface area contributed by atoms with Gasteiger partial charge in [0.15, 0.2) is 0 Å². The summed E-state index contributed by atoms with van der Waals surface area (Å²) in [7, 11) is 0.